The number of para-hydroxylation sites is 1. The zero-order chi connectivity index (χ0) is 20.5. The highest BCUT2D eigenvalue weighted by Crippen LogP contribution is 2.17. The van der Waals surface area contributed by atoms with Crippen LogP contribution in [0.5, 0.6) is 0 Å². The van der Waals surface area contributed by atoms with Crippen molar-refractivity contribution in [2.75, 3.05) is 17.2 Å². The zero-order valence-electron chi connectivity index (χ0n) is 14.9. The summed E-state index contributed by atoms with van der Waals surface area (Å²) in [6, 6.07) is 13.8. The van der Waals surface area contributed by atoms with Crippen LogP contribution < -0.4 is 10.6 Å². The van der Waals surface area contributed by atoms with E-state index in [9.17, 15) is 19.6 Å². The largest absolute Gasteiger partial charge is 0.478 e. The quantitative estimate of drug-likeness (QED) is 0.383. The lowest BCUT2D eigenvalue weighted by Crippen LogP contribution is -2.15. The smallest absolute Gasteiger partial charge is 0.340 e. The predicted octanol–water partition coefficient (Wildman–Crippen LogP) is 3.02. The van der Waals surface area contributed by atoms with Gasteiger partial charge in [0.25, 0.3) is 5.91 Å². The van der Waals surface area contributed by atoms with Crippen LogP contribution in [0.1, 0.15) is 27.6 Å². The van der Waals surface area contributed by atoms with E-state index in [0.717, 1.165) is 0 Å². The molecule has 0 fully saturated rings. The minimum Gasteiger partial charge on any atom is -0.478 e. The first kappa shape index (κ1) is 20.2. The fraction of sp³-hybridized carbons (Fsp3) is 0.100. The van der Waals surface area contributed by atoms with Crippen LogP contribution in [-0.2, 0) is 9.53 Å². The third-order valence-corrected chi connectivity index (χ3v) is 3.55. The lowest BCUT2D eigenvalue weighted by atomic mass is 10.1. The fourth-order valence-electron chi connectivity index (χ4n) is 2.19. The molecule has 2 aromatic rings. The molecule has 8 nitrogen and oxygen atoms in total. The van der Waals surface area contributed by atoms with Crippen molar-refractivity contribution in [3.05, 3.63) is 71.4 Å². The number of carboxylic acid groups (broad SMARTS) is 1. The molecule has 8 heteroatoms. The Morgan fingerprint density at radius 2 is 1.82 bits per heavy atom. The first-order chi connectivity index (χ1) is 13.5. The van der Waals surface area contributed by atoms with Gasteiger partial charge in [-0.3, -0.25) is 4.79 Å². The van der Waals surface area contributed by atoms with Gasteiger partial charge >= 0.3 is 11.9 Å². The Morgan fingerprint density at radius 1 is 1.14 bits per heavy atom. The summed E-state index contributed by atoms with van der Waals surface area (Å²) >= 11 is 0. The summed E-state index contributed by atoms with van der Waals surface area (Å²) in [5.41, 5.74) is 0.824. The third-order valence-electron chi connectivity index (χ3n) is 3.55. The SMILES string of the molecule is CCOC(=O)c1ccccc1N/C=C(/C#N)C(=O)Nc1ccc(C(=O)O)cc1. The molecule has 0 radical (unpaired) electrons. The van der Waals surface area contributed by atoms with Crippen LogP contribution in [0.25, 0.3) is 0 Å². The fourth-order valence-corrected chi connectivity index (χ4v) is 2.19. The van der Waals surface area contributed by atoms with E-state index in [1.165, 1.54) is 30.5 Å². The highest BCUT2D eigenvalue weighted by molar-refractivity contribution is 6.07. The van der Waals surface area contributed by atoms with Crippen molar-refractivity contribution in [2.24, 2.45) is 0 Å². The van der Waals surface area contributed by atoms with Gasteiger partial charge < -0.3 is 20.5 Å². The Hall–Kier alpha value is -4.12. The number of carbonyl (C=O) groups is 3. The van der Waals surface area contributed by atoms with Crippen molar-refractivity contribution in [1.29, 1.82) is 5.26 Å². The number of nitriles is 1. The molecule has 0 atom stereocenters. The van der Waals surface area contributed by atoms with E-state index in [2.05, 4.69) is 10.6 Å². The number of nitrogens with one attached hydrogen (secondary N) is 2. The van der Waals surface area contributed by atoms with Gasteiger partial charge in [0, 0.05) is 11.9 Å². The molecule has 0 saturated carbocycles. The molecule has 0 aromatic heterocycles. The molecular formula is C20H17N3O5. The van der Waals surface area contributed by atoms with Crippen molar-refractivity contribution < 1.29 is 24.2 Å². The molecule has 0 unspecified atom stereocenters. The number of anilines is 2. The van der Waals surface area contributed by atoms with E-state index in [-0.39, 0.29) is 23.3 Å². The lowest BCUT2D eigenvalue weighted by Gasteiger charge is -2.09. The number of carboxylic acids is 1. The first-order valence-corrected chi connectivity index (χ1v) is 8.24. The van der Waals surface area contributed by atoms with Crippen molar-refractivity contribution in [3.8, 4) is 6.07 Å². The summed E-state index contributed by atoms with van der Waals surface area (Å²) < 4.78 is 4.97. The molecule has 0 spiro atoms. The Labute approximate surface area is 161 Å². The van der Waals surface area contributed by atoms with E-state index < -0.39 is 17.8 Å². The van der Waals surface area contributed by atoms with E-state index in [4.69, 9.17) is 9.84 Å². The second-order valence-electron chi connectivity index (χ2n) is 5.42. The van der Waals surface area contributed by atoms with Crippen LogP contribution in [0.3, 0.4) is 0 Å². The van der Waals surface area contributed by atoms with Crippen molar-refractivity contribution in [1.82, 2.24) is 0 Å². The van der Waals surface area contributed by atoms with Crippen molar-refractivity contribution in [2.45, 2.75) is 6.92 Å². The minimum absolute atomic E-state index is 0.0753. The van der Waals surface area contributed by atoms with Crippen LogP contribution in [0.15, 0.2) is 60.3 Å². The van der Waals surface area contributed by atoms with Gasteiger partial charge in [0.1, 0.15) is 11.6 Å². The number of aromatic carboxylic acids is 1. The van der Waals surface area contributed by atoms with Crippen LogP contribution >= 0.6 is 0 Å². The van der Waals surface area contributed by atoms with Gasteiger partial charge in [-0.15, -0.1) is 0 Å². The maximum absolute atomic E-state index is 12.3. The van der Waals surface area contributed by atoms with Crippen LogP contribution in [-0.4, -0.2) is 29.6 Å². The second-order valence-corrected chi connectivity index (χ2v) is 5.42. The molecule has 28 heavy (non-hydrogen) atoms. The molecule has 1 amide bonds. The van der Waals surface area contributed by atoms with Gasteiger partial charge in [0.15, 0.2) is 0 Å². The average molecular weight is 379 g/mol. The minimum atomic E-state index is -1.08. The average Bonchev–Trinajstić information content (AvgIpc) is 2.69. The molecule has 2 rings (SSSR count). The molecule has 0 aliphatic heterocycles. The predicted molar refractivity (Wildman–Crippen MR) is 102 cm³/mol. The molecule has 0 aliphatic rings. The van der Waals surface area contributed by atoms with E-state index in [0.29, 0.717) is 11.4 Å². The highest BCUT2D eigenvalue weighted by Gasteiger charge is 2.13. The van der Waals surface area contributed by atoms with Gasteiger partial charge in [-0.05, 0) is 43.3 Å². The number of hydrogen-bond acceptors (Lipinski definition) is 6. The normalized spacial score (nSPS) is 10.5. The van der Waals surface area contributed by atoms with E-state index in [1.54, 1.807) is 37.3 Å². The van der Waals surface area contributed by atoms with E-state index >= 15 is 0 Å². The van der Waals surface area contributed by atoms with Crippen LogP contribution in [0.2, 0.25) is 0 Å². The number of ether oxygens (including phenoxy) is 1. The Morgan fingerprint density at radius 3 is 2.43 bits per heavy atom. The number of nitrogens with zero attached hydrogens (tertiary/aromatic N) is 1. The van der Waals surface area contributed by atoms with Gasteiger partial charge in [-0.1, -0.05) is 12.1 Å². The van der Waals surface area contributed by atoms with Crippen molar-refractivity contribution in [3.63, 3.8) is 0 Å². The number of benzene rings is 2. The van der Waals surface area contributed by atoms with E-state index in [1.807, 2.05) is 0 Å². The third kappa shape index (κ3) is 5.19. The molecule has 142 valence electrons. The molecule has 0 saturated heterocycles. The summed E-state index contributed by atoms with van der Waals surface area (Å²) in [6.45, 7) is 1.91. The van der Waals surface area contributed by atoms with Gasteiger partial charge in [0.2, 0.25) is 0 Å². The number of rotatable bonds is 7. The molecule has 0 heterocycles. The van der Waals surface area contributed by atoms with Crippen molar-refractivity contribution >= 4 is 29.2 Å². The Balaban J connectivity index is 2.14. The maximum Gasteiger partial charge on any atom is 0.340 e. The molecule has 3 N–H and O–H groups in total. The number of carbonyl (C=O) groups excluding carboxylic acids is 2. The highest BCUT2D eigenvalue weighted by atomic mass is 16.5. The monoisotopic (exact) mass is 379 g/mol. The standard InChI is InChI=1S/C20H17N3O5/c1-2-28-20(27)16-5-3-4-6-17(16)22-12-14(11-21)18(24)23-15-9-7-13(8-10-15)19(25)26/h3-10,12,22H,2H2,1H3,(H,23,24)(H,25,26)/b14-12-. The number of amides is 1. The molecule has 2 aromatic carbocycles. The topological polar surface area (TPSA) is 129 Å². The number of hydrogen-bond donors (Lipinski definition) is 3. The van der Waals surface area contributed by atoms with Crippen LogP contribution in [0, 0.1) is 11.3 Å². The first-order valence-electron chi connectivity index (χ1n) is 8.24. The Bertz CT molecular complexity index is 959. The summed E-state index contributed by atoms with van der Waals surface area (Å²) in [5.74, 6) is -2.30. The summed E-state index contributed by atoms with van der Waals surface area (Å²) in [5, 5.41) is 23.4. The molecule has 0 aliphatic carbocycles. The van der Waals surface area contributed by atoms with Gasteiger partial charge in [0.05, 0.1) is 23.4 Å². The maximum atomic E-state index is 12.3. The Kier molecular flexibility index (Phi) is 6.88. The molecular weight excluding hydrogens is 362 g/mol. The summed E-state index contributed by atoms with van der Waals surface area (Å²) in [7, 11) is 0. The number of esters is 1. The zero-order valence-corrected chi connectivity index (χ0v) is 14.9. The van der Waals surface area contributed by atoms with Gasteiger partial charge in [-0.2, -0.15) is 5.26 Å². The summed E-state index contributed by atoms with van der Waals surface area (Å²) in [4.78, 5) is 35.1. The van der Waals surface area contributed by atoms with Crippen LogP contribution in [0.4, 0.5) is 11.4 Å². The molecule has 0 bridgehead atoms. The second kappa shape index (κ2) is 9.54. The lowest BCUT2D eigenvalue weighted by molar-refractivity contribution is -0.112. The van der Waals surface area contributed by atoms with Gasteiger partial charge in [-0.25, -0.2) is 9.59 Å². The summed E-state index contributed by atoms with van der Waals surface area (Å²) in [6.07, 6.45) is 1.18.